The van der Waals surface area contributed by atoms with Crippen molar-refractivity contribution in [2.24, 2.45) is 0 Å². The number of ether oxygens (including phenoxy) is 1. The Labute approximate surface area is 175 Å². The summed E-state index contributed by atoms with van der Waals surface area (Å²) >= 11 is 1.16. The number of anilines is 1. The van der Waals surface area contributed by atoms with Gasteiger partial charge < -0.3 is 10.1 Å². The maximum atomic E-state index is 12.3. The van der Waals surface area contributed by atoms with Crippen LogP contribution in [-0.2, 0) is 14.9 Å². The first-order valence-corrected chi connectivity index (χ1v) is 10.3. The maximum Gasteiger partial charge on any atom is 0.340 e. The smallest absolute Gasteiger partial charge is 0.340 e. The number of hydrogen-bond donors (Lipinski definition) is 1. The van der Waals surface area contributed by atoms with Crippen LogP contribution in [0, 0.1) is 18.3 Å². The quantitative estimate of drug-likeness (QED) is 0.557. The third-order valence-corrected chi connectivity index (χ3v) is 5.16. The van der Waals surface area contributed by atoms with E-state index >= 15 is 0 Å². The molecular formula is C22H25N3O3S. The molecule has 0 atom stereocenters. The van der Waals surface area contributed by atoms with Gasteiger partial charge in [0.2, 0.25) is 5.91 Å². The number of benzene rings is 1. The van der Waals surface area contributed by atoms with Crippen molar-refractivity contribution in [1.29, 1.82) is 5.26 Å². The summed E-state index contributed by atoms with van der Waals surface area (Å²) in [6, 6.07) is 11.2. The number of carbonyl (C=O) groups excluding carboxylic acids is 2. The summed E-state index contributed by atoms with van der Waals surface area (Å²) in [5, 5.41) is 12.6. The first kappa shape index (κ1) is 22.4. The molecule has 0 aliphatic heterocycles. The van der Waals surface area contributed by atoms with Crippen LogP contribution in [-0.4, -0.2) is 29.2 Å². The molecule has 7 heteroatoms. The van der Waals surface area contributed by atoms with Crippen LogP contribution in [0.25, 0.3) is 0 Å². The zero-order valence-corrected chi connectivity index (χ0v) is 18.1. The van der Waals surface area contributed by atoms with Crippen molar-refractivity contribution in [2.45, 2.75) is 45.1 Å². The number of esters is 1. The van der Waals surface area contributed by atoms with Gasteiger partial charge in [-0.2, -0.15) is 5.26 Å². The van der Waals surface area contributed by atoms with Crippen LogP contribution >= 0.6 is 11.8 Å². The fraction of sp³-hybridized carbons (Fsp3) is 0.364. The van der Waals surface area contributed by atoms with Crippen LogP contribution < -0.4 is 5.32 Å². The van der Waals surface area contributed by atoms with Gasteiger partial charge in [-0.1, -0.05) is 44.7 Å². The Kier molecular flexibility index (Phi) is 7.40. The van der Waals surface area contributed by atoms with Crippen LogP contribution in [0.3, 0.4) is 0 Å². The Bertz CT molecular complexity index is 942. The zero-order chi connectivity index (χ0) is 21.6. The third kappa shape index (κ3) is 6.06. The van der Waals surface area contributed by atoms with Crippen molar-refractivity contribution in [3.05, 3.63) is 52.7 Å². The molecule has 0 saturated heterocycles. The number of thioether (sulfide) groups is 1. The second-order valence-electron chi connectivity index (χ2n) is 7.47. The summed E-state index contributed by atoms with van der Waals surface area (Å²) in [6.45, 7) is 10.0. The number of nitrogens with zero attached hydrogens (tertiary/aromatic N) is 2. The van der Waals surface area contributed by atoms with Gasteiger partial charge in [0, 0.05) is 5.69 Å². The number of amides is 1. The Morgan fingerprint density at radius 2 is 1.90 bits per heavy atom. The SMILES string of the molecule is CCOC(=O)c1cc(C#N)c(SCC(=O)Nc2ccc(C(C)(C)C)cc2)nc1C. The van der Waals surface area contributed by atoms with Gasteiger partial charge in [-0.3, -0.25) is 4.79 Å². The molecule has 0 radical (unpaired) electrons. The van der Waals surface area contributed by atoms with Crippen LogP contribution in [0.5, 0.6) is 0 Å². The maximum absolute atomic E-state index is 12.3. The molecule has 0 spiro atoms. The lowest BCUT2D eigenvalue weighted by molar-refractivity contribution is -0.113. The van der Waals surface area contributed by atoms with E-state index in [-0.39, 0.29) is 34.8 Å². The van der Waals surface area contributed by atoms with Crippen molar-refractivity contribution >= 4 is 29.3 Å². The molecule has 1 heterocycles. The Morgan fingerprint density at radius 1 is 1.24 bits per heavy atom. The molecular weight excluding hydrogens is 386 g/mol. The van der Waals surface area contributed by atoms with Gasteiger partial charge in [-0.05, 0) is 43.0 Å². The van der Waals surface area contributed by atoms with Crippen LogP contribution in [0.4, 0.5) is 5.69 Å². The first-order valence-electron chi connectivity index (χ1n) is 9.27. The van der Waals surface area contributed by atoms with Crippen molar-refractivity contribution in [3.63, 3.8) is 0 Å². The second-order valence-corrected chi connectivity index (χ2v) is 8.43. The summed E-state index contributed by atoms with van der Waals surface area (Å²) in [4.78, 5) is 28.6. The van der Waals surface area contributed by atoms with Crippen LogP contribution in [0.1, 0.15) is 54.9 Å². The van der Waals surface area contributed by atoms with E-state index in [9.17, 15) is 14.9 Å². The highest BCUT2D eigenvalue weighted by Crippen LogP contribution is 2.25. The Hall–Kier alpha value is -2.85. The molecule has 152 valence electrons. The number of nitrogens with one attached hydrogen (secondary N) is 1. The highest BCUT2D eigenvalue weighted by atomic mass is 32.2. The lowest BCUT2D eigenvalue weighted by atomic mass is 9.87. The van der Waals surface area contributed by atoms with Gasteiger partial charge in [-0.15, -0.1) is 0 Å². The van der Waals surface area contributed by atoms with Gasteiger partial charge in [0.25, 0.3) is 0 Å². The molecule has 0 aliphatic rings. The summed E-state index contributed by atoms with van der Waals surface area (Å²) in [7, 11) is 0. The lowest BCUT2D eigenvalue weighted by Gasteiger charge is -2.19. The van der Waals surface area contributed by atoms with Gasteiger partial charge in [0.05, 0.1) is 29.2 Å². The Morgan fingerprint density at radius 3 is 2.45 bits per heavy atom. The molecule has 1 amide bonds. The van der Waals surface area contributed by atoms with Gasteiger partial charge in [0.15, 0.2) is 0 Å². The number of hydrogen-bond acceptors (Lipinski definition) is 6. The zero-order valence-electron chi connectivity index (χ0n) is 17.3. The molecule has 0 aliphatic carbocycles. The summed E-state index contributed by atoms with van der Waals surface area (Å²) < 4.78 is 4.98. The van der Waals surface area contributed by atoms with Crippen LogP contribution in [0.15, 0.2) is 35.4 Å². The molecule has 0 saturated carbocycles. The minimum Gasteiger partial charge on any atom is -0.462 e. The lowest BCUT2D eigenvalue weighted by Crippen LogP contribution is -2.15. The molecule has 2 rings (SSSR count). The molecule has 0 fully saturated rings. The fourth-order valence-electron chi connectivity index (χ4n) is 2.57. The van der Waals surface area contributed by atoms with Crippen molar-refractivity contribution in [1.82, 2.24) is 4.98 Å². The molecule has 1 aromatic carbocycles. The number of carbonyl (C=O) groups is 2. The Balaban J connectivity index is 2.05. The van der Waals surface area contributed by atoms with E-state index in [1.165, 1.54) is 11.6 Å². The topological polar surface area (TPSA) is 92.1 Å². The molecule has 6 nitrogen and oxygen atoms in total. The van der Waals surface area contributed by atoms with Gasteiger partial charge in [0.1, 0.15) is 11.1 Å². The summed E-state index contributed by atoms with van der Waals surface area (Å²) in [6.07, 6.45) is 0. The minimum absolute atomic E-state index is 0.0470. The van der Waals surface area contributed by atoms with Crippen molar-refractivity contribution in [2.75, 3.05) is 17.7 Å². The average molecular weight is 412 g/mol. The normalized spacial score (nSPS) is 10.9. The number of rotatable bonds is 6. The number of aromatic nitrogens is 1. The largest absolute Gasteiger partial charge is 0.462 e. The molecule has 29 heavy (non-hydrogen) atoms. The van der Waals surface area contributed by atoms with Crippen LogP contribution in [0.2, 0.25) is 0 Å². The minimum atomic E-state index is -0.512. The monoisotopic (exact) mass is 411 g/mol. The van der Waals surface area contributed by atoms with Gasteiger partial charge >= 0.3 is 5.97 Å². The van der Waals surface area contributed by atoms with E-state index in [0.29, 0.717) is 16.4 Å². The second kappa shape index (κ2) is 9.57. The number of pyridine rings is 1. The first-order chi connectivity index (χ1) is 13.7. The molecule has 1 aromatic heterocycles. The van der Waals surface area contributed by atoms with E-state index in [1.54, 1.807) is 13.8 Å². The van der Waals surface area contributed by atoms with Crippen molar-refractivity contribution in [3.8, 4) is 6.07 Å². The highest BCUT2D eigenvalue weighted by Gasteiger charge is 2.17. The predicted octanol–water partition coefficient (Wildman–Crippen LogP) is 4.47. The number of nitriles is 1. The summed E-state index contributed by atoms with van der Waals surface area (Å²) in [5.74, 6) is -0.612. The van der Waals surface area contributed by atoms with E-state index in [0.717, 1.165) is 11.8 Å². The van der Waals surface area contributed by atoms with Gasteiger partial charge in [-0.25, -0.2) is 9.78 Å². The van der Waals surface area contributed by atoms with E-state index in [2.05, 4.69) is 31.1 Å². The molecule has 1 N–H and O–H groups in total. The molecule has 0 unspecified atom stereocenters. The number of aryl methyl sites for hydroxylation is 1. The average Bonchev–Trinajstić information content (AvgIpc) is 2.66. The van der Waals surface area contributed by atoms with Crippen molar-refractivity contribution < 1.29 is 14.3 Å². The predicted molar refractivity (Wildman–Crippen MR) is 114 cm³/mol. The fourth-order valence-corrected chi connectivity index (χ4v) is 3.37. The summed E-state index contributed by atoms with van der Waals surface area (Å²) in [5.41, 5.74) is 2.91. The third-order valence-electron chi connectivity index (χ3n) is 4.17. The highest BCUT2D eigenvalue weighted by molar-refractivity contribution is 8.00. The standard InChI is InChI=1S/C22H25N3O3S/c1-6-28-21(27)18-11-15(12-23)20(24-14(18)2)29-13-19(26)25-17-9-7-16(8-10-17)22(3,4)5/h7-11H,6,13H2,1-5H3,(H,25,26). The van der Waals surface area contributed by atoms with E-state index < -0.39 is 5.97 Å². The van der Waals surface area contributed by atoms with E-state index in [1.807, 2.05) is 30.3 Å². The van der Waals surface area contributed by atoms with E-state index in [4.69, 9.17) is 4.74 Å². The molecule has 2 aromatic rings. The molecule has 0 bridgehead atoms.